The molecule has 15 heavy (non-hydrogen) atoms. The van der Waals surface area contributed by atoms with E-state index in [1.807, 2.05) is 4.90 Å². The van der Waals surface area contributed by atoms with E-state index in [9.17, 15) is 9.90 Å². The fourth-order valence-electron chi connectivity index (χ4n) is 2.17. The van der Waals surface area contributed by atoms with Gasteiger partial charge < -0.3 is 10.0 Å². The number of fused-ring (bicyclic) bond motifs is 1. The van der Waals surface area contributed by atoms with E-state index in [4.69, 9.17) is 0 Å². The summed E-state index contributed by atoms with van der Waals surface area (Å²) in [7, 11) is 0. The Hall–Kier alpha value is 0.260. The van der Waals surface area contributed by atoms with E-state index in [0.29, 0.717) is 0 Å². The minimum Gasteiger partial charge on any atom is -0.391 e. The number of carbonyl (C=O) groups excluding carboxylic acids is 1. The molecule has 2 aliphatic heterocycles. The Bertz CT molecular complexity index is 321. The van der Waals surface area contributed by atoms with Gasteiger partial charge in [0.15, 0.2) is 4.32 Å². The number of halogens is 1. The lowest BCUT2D eigenvalue weighted by atomic mass is 9.89. The van der Waals surface area contributed by atoms with Crippen molar-refractivity contribution in [3.05, 3.63) is 0 Å². The van der Waals surface area contributed by atoms with Crippen molar-refractivity contribution in [3.8, 4) is 0 Å². The second-order valence-electron chi connectivity index (χ2n) is 4.91. The summed E-state index contributed by atoms with van der Waals surface area (Å²) in [5, 5.41) is 9.76. The van der Waals surface area contributed by atoms with Gasteiger partial charge in [0, 0.05) is 10.8 Å². The van der Waals surface area contributed by atoms with E-state index in [-0.39, 0.29) is 22.1 Å². The smallest absolute Gasteiger partial charge is 0.246 e. The molecule has 1 N–H and O–H groups in total. The average Bonchev–Trinajstić information content (AvgIpc) is 2.35. The van der Waals surface area contributed by atoms with Crippen LogP contribution in [0.5, 0.6) is 0 Å². The predicted molar refractivity (Wildman–Crippen MR) is 65.1 cm³/mol. The van der Waals surface area contributed by atoms with Gasteiger partial charge >= 0.3 is 0 Å². The lowest BCUT2D eigenvalue weighted by Gasteiger charge is -2.51. The predicted octanol–water partition coefficient (Wildman–Crippen LogP) is 1.58. The molecule has 2 rings (SSSR count). The molecule has 0 aromatic carbocycles. The van der Waals surface area contributed by atoms with Crippen LogP contribution in [-0.2, 0) is 4.79 Å². The first-order valence-corrected chi connectivity index (χ1v) is 6.77. The molecule has 0 unspecified atom stereocenters. The van der Waals surface area contributed by atoms with Gasteiger partial charge in [0.05, 0.1) is 6.10 Å². The van der Waals surface area contributed by atoms with Crippen LogP contribution in [0.3, 0.4) is 0 Å². The van der Waals surface area contributed by atoms with Crippen LogP contribution in [0.1, 0.15) is 27.7 Å². The van der Waals surface area contributed by atoms with E-state index < -0.39 is 10.4 Å². The van der Waals surface area contributed by atoms with Crippen molar-refractivity contribution in [1.29, 1.82) is 0 Å². The maximum atomic E-state index is 12.0. The molecule has 0 aromatic heterocycles. The van der Waals surface area contributed by atoms with Crippen LogP contribution >= 0.6 is 27.7 Å². The van der Waals surface area contributed by atoms with Crippen molar-refractivity contribution >= 4 is 33.6 Å². The van der Waals surface area contributed by atoms with Gasteiger partial charge in [-0.1, -0.05) is 15.9 Å². The van der Waals surface area contributed by atoms with E-state index in [2.05, 4.69) is 36.7 Å². The van der Waals surface area contributed by atoms with Crippen molar-refractivity contribution < 1.29 is 9.90 Å². The van der Waals surface area contributed by atoms with Crippen molar-refractivity contribution in [3.63, 3.8) is 0 Å². The van der Waals surface area contributed by atoms with Crippen molar-refractivity contribution in [1.82, 2.24) is 4.90 Å². The van der Waals surface area contributed by atoms with Gasteiger partial charge in [-0.3, -0.25) is 4.79 Å². The van der Waals surface area contributed by atoms with E-state index in [1.165, 1.54) is 0 Å². The Morgan fingerprint density at radius 1 is 1.60 bits per heavy atom. The van der Waals surface area contributed by atoms with Gasteiger partial charge in [0.25, 0.3) is 0 Å². The molecular weight excluding hydrogens is 278 g/mol. The molecule has 5 heteroatoms. The Morgan fingerprint density at radius 2 is 2.13 bits per heavy atom. The van der Waals surface area contributed by atoms with Gasteiger partial charge in [-0.15, -0.1) is 11.8 Å². The molecule has 0 radical (unpaired) electrons. The minimum absolute atomic E-state index is 0.0214. The van der Waals surface area contributed by atoms with Gasteiger partial charge in [0.1, 0.15) is 5.37 Å². The SMILES string of the molecule is C[C@@H]1N2C(=O)[C@@](Br)([C@@H](C)O)[C@H]2SC1(C)C. The van der Waals surface area contributed by atoms with Crippen LogP contribution in [0.4, 0.5) is 0 Å². The van der Waals surface area contributed by atoms with Crippen LogP contribution in [0.2, 0.25) is 0 Å². The zero-order valence-corrected chi connectivity index (χ0v) is 11.7. The summed E-state index contributed by atoms with van der Waals surface area (Å²) in [6.07, 6.45) is -0.653. The van der Waals surface area contributed by atoms with Crippen molar-refractivity contribution in [2.75, 3.05) is 0 Å². The van der Waals surface area contributed by atoms with E-state index in [1.54, 1.807) is 18.7 Å². The first kappa shape index (κ1) is 11.7. The Morgan fingerprint density at radius 3 is 2.60 bits per heavy atom. The minimum atomic E-state index is -0.764. The quantitative estimate of drug-likeness (QED) is 0.590. The Balaban J connectivity index is 2.31. The van der Waals surface area contributed by atoms with E-state index >= 15 is 0 Å². The van der Waals surface area contributed by atoms with Gasteiger partial charge in [0.2, 0.25) is 5.91 Å². The maximum Gasteiger partial charge on any atom is 0.246 e. The number of aliphatic hydroxyl groups excluding tert-OH is 1. The highest BCUT2D eigenvalue weighted by molar-refractivity contribution is 9.10. The number of β-lactam (4-membered cyclic amide) rings is 1. The largest absolute Gasteiger partial charge is 0.391 e. The number of hydrogen-bond donors (Lipinski definition) is 1. The highest BCUT2D eigenvalue weighted by Crippen LogP contribution is 2.58. The molecule has 0 saturated carbocycles. The topological polar surface area (TPSA) is 40.5 Å². The number of amides is 1. The molecule has 0 bridgehead atoms. The normalized spacial score (nSPS) is 44.9. The second kappa shape index (κ2) is 3.14. The van der Waals surface area contributed by atoms with Gasteiger partial charge in [-0.05, 0) is 27.7 Å². The molecule has 2 saturated heterocycles. The Kier molecular flexibility index (Phi) is 2.46. The number of alkyl halides is 1. The number of carbonyl (C=O) groups is 1. The zero-order chi connectivity index (χ0) is 11.6. The van der Waals surface area contributed by atoms with Crippen LogP contribution in [0.25, 0.3) is 0 Å². The standard InChI is InChI=1S/C10H16BrNO2S/c1-5-9(3,4)15-8-10(11,6(2)13)7(14)12(5)8/h5-6,8,13H,1-4H3/t5-,6+,8+,10-/m0/s1. The van der Waals surface area contributed by atoms with Crippen LogP contribution in [0, 0.1) is 0 Å². The van der Waals surface area contributed by atoms with Crippen LogP contribution in [-0.4, -0.2) is 42.5 Å². The number of rotatable bonds is 1. The molecule has 86 valence electrons. The number of aliphatic hydroxyl groups is 1. The Labute approximate surface area is 103 Å². The molecule has 2 aliphatic rings. The molecule has 2 fully saturated rings. The first-order valence-electron chi connectivity index (χ1n) is 5.10. The summed E-state index contributed by atoms with van der Waals surface area (Å²) in [5.74, 6) is 0.0214. The second-order valence-corrected chi connectivity index (χ2v) is 7.95. The van der Waals surface area contributed by atoms with E-state index in [0.717, 1.165) is 0 Å². The van der Waals surface area contributed by atoms with Crippen molar-refractivity contribution in [2.45, 2.75) is 54.3 Å². The number of nitrogens with zero attached hydrogens (tertiary/aromatic N) is 1. The van der Waals surface area contributed by atoms with Crippen molar-refractivity contribution in [2.24, 2.45) is 0 Å². The summed E-state index contributed by atoms with van der Waals surface area (Å²) < 4.78 is -0.704. The number of thioether (sulfide) groups is 1. The summed E-state index contributed by atoms with van der Waals surface area (Å²) >= 11 is 5.18. The van der Waals surface area contributed by atoms with Crippen LogP contribution < -0.4 is 0 Å². The molecular formula is C10H16BrNO2S. The maximum absolute atomic E-state index is 12.0. The highest BCUT2D eigenvalue weighted by Gasteiger charge is 2.69. The third kappa shape index (κ3) is 1.26. The molecule has 4 atom stereocenters. The number of hydrogen-bond acceptors (Lipinski definition) is 3. The summed E-state index contributed by atoms with van der Waals surface area (Å²) in [5.41, 5.74) is 0. The summed E-state index contributed by atoms with van der Waals surface area (Å²) in [6.45, 7) is 8.02. The molecule has 3 nitrogen and oxygen atoms in total. The average molecular weight is 294 g/mol. The summed E-state index contributed by atoms with van der Waals surface area (Å²) in [4.78, 5) is 13.9. The summed E-state index contributed by atoms with van der Waals surface area (Å²) in [6, 6.07) is 0.226. The fourth-order valence-corrected chi connectivity index (χ4v) is 4.63. The molecule has 2 heterocycles. The van der Waals surface area contributed by atoms with Gasteiger partial charge in [-0.25, -0.2) is 0 Å². The zero-order valence-electron chi connectivity index (χ0n) is 9.32. The lowest BCUT2D eigenvalue weighted by Crippen LogP contribution is -2.72. The molecule has 0 aliphatic carbocycles. The molecule has 0 spiro atoms. The molecule has 0 aromatic rings. The first-order chi connectivity index (χ1) is 6.73. The lowest BCUT2D eigenvalue weighted by molar-refractivity contribution is -0.153. The third-order valence-corrected chi connectivity index (χ3v) is 7.13. The van der Waals surface area contributed by atoms with Gasteiger partial charge in [-0.2, -0.15) is 0 Å². The molecule has 1 amide bonds. The fraction of sp³-hybridized carbons (Fsp3) is 0.900. The van der Waals surface area contributed by atoms with Crippen LogP contribution in [0.15, 0.2) is 0 Å². The third-order valence-electron chi connectivity index (χ3n) is 3.62. The monoisotopic (exact) mass is 293 g/mol. The highest BCUT2D eigenvalue weighted by atomic mass is 79.9.